The SMILES string of the molecule is Cc1noc(C(C)C)c1C(=O)Nc1cccc(S(=O)(=O)C2CCCC2)c1. The van der Waals surface area contributed by atoms with Gasteiger partial charge in [0.15, 0.2) is 15.6 Å². The fraction of sp³-hybridized carbons (Fsp3) is 0.474. The number of aromatic nitrogens is 1. The first-order valence-corrected chi connectivity index (χ1v) is 10.5. The predicted molar refractivity (Wildman–Crippen MR) is 99.2 cm³/mol. The quantitative estimate of drug-likeness (QED) is 0.849. The first-order chi connectivity index (χ1) is 12.3. The summed E-state index contributed by atoms with van der Waals surface area (Å²) < 4.78 is 30.8. The van der Waals surface area contributed by atoms with Crippen LogP contribution in [0.4, 0.5) is 5.69 Å². The molecule has 2 aromatic rings. The maximum absolute atomic E-state index is 12.8. The molecule has 1 aromatic heterocycles. The van der Waals surface area contributed by atoms with Crippen molar-refractivity contribution in [3.63, 3.8) is 0 Å². The summed E-state index contributed by atoms with van der Waals surface area (Å²) >= 11 is 0. The van der Waals surface area contributed by atoms with Gasteiger partial charge in [-0.25, -0.2) is 8.42 Å². The van der Waals surface area contributed by atoms with Gasteiger partial charge in [0.25, 0.3) is 5.91 Å². The molecule has 0 radical (unpaired) electrons. The third-order valence-corrected chi connectivity index (χ3v) is 7.06. The Morgan fingerprint density at radius 1 is 1.27 bits per heavy atom. The lowest BCUT2D eigenvalue weighted by molar-refractivity contribution is 0.102. The van der Waals surface area contributed by atoms with E-state index in [9.17, 15) is 13.2 Å². The molecule has 1 saturated carbocycles. The highest BCUT2D eigenvalue weighted by atomic mass is 32.2. The van der Waals surface area contributed by atoms with Gasteiger partial charge in [0.1, 0.15) is 5.56 Å². The van der Waals surface area contributed by atoms with Gasteiger partial charge in [-0.1, -0.05) is 37.9 Å². The molecule has 1 fully saturated rings. The van der Waals surface area contributed by atoms with Crippen molar-refractivity contribution in [3.8, 4) is 0 Å². The minimum Gasteiger partial charge on any atom is -0.360 e. The van der Waals surface area contributed by atoms with E-state index in [0.717, 1.165) is 12.8 Å². The maximum Gasteiger partial charge on any atom is 0.261 e. The molecule has 3 rings (SSSR count). The number of aryl methyl sites for hydroxylation is 1. The lowest BCUT2D eigenvalue weighted by atomic mass is 10.0. The Morgan fingerprint density at radius 2 is 1.96 bits per heavy atom. The molecule has 1 amide bonds. The monoisotopic (exact) mass is 376 g/mol. The number of nitrogens with one attached hydrogen (secondary N) is 1. The highest BCUT2D eigenvalue weighted by Gasteiger charge is 2.30. The summed E-state index contributed by atoms with van der Waals surface area (Å²) in [5.41, 5.74) is 1.37. The summed E-state index contributed by atoms with van der Waals surface area (Å²) in [4.78, 5) is 12.9. The second-order valence-corrected chi connectivity index (χ2v) is 9.32. The molecule has 6 nitrogen and oxygen atoms in total. The highest BCUT2D eigenvalue weighted by molar-refractivity contribution is 7.92. The average molecular weight is 376 g/mol. The van der Waals surface area contributed by atoms with Gasteiger partial charge in [-0.15, -0.1) is 0 Å². The first-order valence-electron chi connectivity index (χ1n) is 8.92. The summed E-state index contributed by atoms with van der Waals surface area (Å²) in [6.07, 6.45) is 3.31. The van der Waals surface area contributed by atoms with Gasteiger partial charge in [-0.05, 0) is 38.0 Å². The van der Waals surface area contributed by atoms with Crippen molar-refractivity contribution in [2.75, 3.05) is 5.32 Å². The molecular weight excluding hydrogens is 352 g/mol. The molecule has 26 heavy (non-hydrogen) atoms. The van der Waals surface area contributed by atoms with Crippen LogP contribution in [0.2, 0.25) is 0 Å². The molecule has 140 valence electrons. The standard InChI is InChI=1S/C19H24N2O4S/c1-12(2)18-17(13(3)21-25-18)19(22)20-14-7-6-10-16(11-14)26(23,24)15-8-4-5-9-15/h6-7,10-12,15H,4-5,8-9H2,1-3H3,(H,20,22). The fourth-order valence-electron chi connectivity index (χ4n) is 3.39. The van der Waals surface area contributed by atoms with Crippen LogP contribution in [-0.4, -0.2) is 24.7 Å². The molecule has 0 aliphatic heterocycles. The van der Waals surface area contributed by atoms with Gasteiger partial charge < -0.3 is 9.84 Å². The number of rotatable bonds is 5. The molecule has 0 saturated heterocycles. The van der Waals surface area contributed by atoms with E-state index in [1.54, 1.807) is 25.1 Å². The third-order valence-electron chi connectivity index (χ3n) is 4.80. The molecule has 0 atom stereocenters. The van der Waals surface area contributed by atoms with E-state index < -0.39 is 9.84 Å². The van der Waals surface area contributed by atoms with E-state index in [1.807, 2.05) is 13.8 Å². The number of carbonyl (C=O) groups is 1. The van der Waals surface area contributed by atoms with Crippen LogP contribution in [0.15, 0.2) is 33.7 Å². The molecule has 0 unspecified atom stereocenters. The molecule has 1 aromatic carbocycles. The van der Waals surface area contributed by atoms with Crippen molar-refractivity contribution < 1.29 is 17.7 Å². The van der Waals surface area contributed by atoms with Gasteiger partial charge in [-0.3, -0.25) is 4.79 Å². The van der Waals surface area contributed by atoms with E-state index in [0.29, 0.717) is 35.5 Å². The van der Waals surface area contributed by atoms with Gasteiger partial charge in [0.05, 0.1) is 15.8 Å². The highest BCUT2D eigenvalue weighted by Crippen LogP contribution is 2.31. The van der Waals surface area contributed by atoms with E-state index in [1.165, 1.54) is 6.07 Å². The Balaban J connectivity index is 1.86. The zero-order valence-electron chi connectivity index (χ0n) is 15.3. The topological polar surface area (TPSA) is 89.3 Å². The number of nitrogens with zero attached hydrogens (tertiary/aromatic N) is 1. The first kappa shape index (κ1) is 18.6. The molecule has 0 bridgehead atoms. The zero-order chi connectivity index (χ0) is 18.9. The smallest absolute Gasteiger partial charge is 0.261 e. The largest absolute Gasteiger partial charge is 0.360 e. The van der Waals surface area contributed by atoms with Crippen LogP contribution >= 0.6 is 0 Å². The van der Waals surface area contributed by atoms with E-state index in [2.05, 4.69) is 10.5 Å². The Bertz CT molecular complexity index is 909. The van der Waals surface area contributed by atoms with Crippen LogP contribution in [0, 0.1) is 6.92 Å². The number of carbonyl (C=O) groups excluding carboxylic acids is 1. The number of anilines is 1. The minimum absolute atomic E-state index is 0.0195. The van der Waals surface area contributed by atoms with Gasteiger partial charge in [0.2, 0.25) is 0 Å². The van der Waals surface area contributed by atoms with E-state index >= 15 is 0 Å². The van der Waals surface area contributed by atoms with Crippen molar-refractivity contribution in [2.45, 2.75) is 62.5 Å². The number of benzene rings is 1. The molecule has 7 heteroatoms. The number of amides is 1. The number of sulfone groups is 1. The second kappa shape index (κ2) is 7.23. The van der Waals surface area contributed by atoms with Crippen LogP contribution in [-0.2, 0) is 9.84 Å². The van der Waals surface area contributed by atoms with Crippen molar-refractivity contribution in [1.29, 1.82) is 0 Å². The summed E-state index contributed by atoms with van der Waals surface area (Å²) in [5.74, 6) is 0.198. The third kappa shape index (κ3) is 3.53. The minimum atomic E-state index is -3.36. The zero-order valence-corrected chi connectivity index (χ0v) is 16.1. The normalized spacial score (nSPS) is 15.5. The van der Waals surface area contributed by atoms with Crippen LogP contribution in [0.3, 0.4) is 0 Å². The predicted octanol–water partition coefficient (Wildman–Crippen LogP) is 4.08. The summed E-state index contributed by atoms with van der Waals surface area (Å²) in [6, 6.07) is 6.46. The molecule has 1 aliphatic rings. The lowest BCUT2D eigenvalue weighted by Crippen LogP contribution is -2.19. The van der Waals surface area contributed by atoms with Crippen molar-refractivity contribution in [1.82, 2.24) is 5.16 Å². The van der Waals surface area contributed by atoms with Crippen molar-refractivity contribution in [2.24, 2.45) is 0 Å². The summed E-state index contributed by atoms with van der Waals surface area (Å²) in [6.45, 7) is 5.56. The van der Waals surface area contributed by atoms with Crippen LogP contribution in [0.5, 0.6) is 0 Å². The van der Waals surface area contributed by atoms with Crippen molar-refractivity contribution in [3.05, 3.63) is 41.3 Å². The summed E-state index contributed by atoms with van der Waals surface area (Å²) in [7, 11) is -3.36. The van der Waals surface area contributed by atoms with Crippen molar-refractivity contribution >= 4 is 21.4 Å². The van der Waals surface area contributed by atoms with Crippen LogP contribution < -0.4 is 5.32 Å². The van der Waals surface area contributed by atoms with Gasteiger partial charge in [0, 0.05) is 11.6 Å². The number of hydrogen-bond donors (Lipinski definition) is 1. The Morgan fingerprint density at radius 3 is 2.62 bits per heavy atom. The van der Waals surface area contributed by atoms with Gasteiger partial charge >= 0.3 is 0 Å². The lowest BCUT2D eigenvalue weighted by Gasteiger charge is -2.13. The van der Waals surface area contributed by atoms with E-state index in [4.69, 9.17) is 4.52 Å². The Kier molecular flexibility index (Phi) is 5.18. The van der Waals surface area contributed by atoms with Crippen LogP contribution in [0.25, 0.3) is 0 Å². The average Bonchev–Trinajstić information content (AvgIpc) is 3.24. The van der Waals surface area contributed by atoms with E-state index in [-0.39, 0.29) is 22.0 Å². The van der Waals surface area contributed by atoms with Crippen LogP contribution in [0.1, 0.15) is 67.3 Å². The molecule has 1 N–H and O–H groups in total. The number of hydrogen-bond acceptors (Lipinski definition) is 5. The summed E-state index contributed by atoms with van der Waals surface area (Å²) in [5, 5.41) is 6.34. The second-order valence-electron chi connectivity index (χ2n) is 7.10. The van der Waals surface area contributed by atoms with Gasteiger partial charge in [-0.2, -0.15) is 0 Å². The molecule has 1 heterocycles. The fourth-order valence-corrected chi connectivity index (χ4v) is 5.29. The molecule has 0 spiro atoms. The Hall–Kier alpha value is -2.15. The maximum atomic E-state index is 12.8. The molecular formula is C19H24N2O4S. The Labute approximate surface area is 153 Å². The molecule has 1 aliphatic carbocycles.